The second-order valence-corrected chi connectivity index (χ2v) is 14.6. The maximum atomic E-state index is 2.36. The van der Waals surface area contributed by atoms with E-state index in [9.17, 15) is 0 Å². The van der Waals surface area contributed by atoms with Gasteiger partial charge in [-0.25, -0.2) is 0 Å². The molecule has 0 heterocycles. The molecular weight excluding hydrogens is 629 g/mol. The van der Waals surface area contributed by atoms with Crippen LogP contribution in [-0.2, 0) is 5.41 Å². The number of para-hydroxylation sites is 2. The standard InChI is InChI=1S/C50H46N2/c1-37-34-38(2)36-49(35-37)52(48-32-26-43(27-33-48)50(3,4)5)47-30-24-42(25-31-47)41-22-18-39(19-23-41)16-17-40-20-28-46(29-21-40)51(44-12-8-6-9-13-44)45-14-10-7-11-15-45/h6-36H,1-5H3/b17-16+. The first-order valence-corrected chi connectivity index (χ1v) is 18.1. The second kappa shape index (κ2) is 15.0. The van der Waals surface area contributed by atoms with Crippen molar-refractivity contribution in [3.8, 4) is 11.1 Å². The van der Waals surface area contributed by atoms with Crippen LogP contribution >= 0.6 is 0 Å². The molecule has 0 atom stereocenters. The minimum absolute atomic E-state index is 0.107. The molecule has 0 aliphatic carbocycles. The molecule has 0 saturated heterocycles. The van der Waals surface area contributed by atoms with Crippen LogP contribution in [0.15, 0.2) is 176 Å². The van der Waals surface area contributed by atoms with E-state index in [0.29, 0.717) is 0 Å². The van der Waals surface area contributed by atoms with Crippen LogP contribution in [0.1, 0.15) is 48.6 Å². The molecule has 0 aromatic heterocycles. The molecule has 0 N–H and O–H groups in total. The van der Waals surface area contributed by atoms with E-state index in [0.717, 1.165) is 34.0 Å². The number of aryl methyl sites for hydroxylation is 2. The van der Waals surface area contributed by atoms with Crippen LogP contribution in [-0.4, -0.2) is 0 Å². The normalized spacial score (nSPS) is 11.5. The van der Waals surface area contributed by atoms with Crippen molar-refractivity contribution in [3.05, 3.63) is 204 Å². The summed E-state index contributed by atoms with van der Waals surface area (Å²) in [6.45, 7) is 11.1. The number of benzene rings is 7. The van der Waals surface area contributed by atoms with Gasteiger partial charge in [-0.2, -0.15) is 0 Å². The molecule has 7 aromatic rings. The van der Waals surface area contributed by atoms with Crippen LogP contribution in [0.5, 0.6) is 0 Å². The first kappa shape index (κ1) is 34.3. The third-order valence-electron chi connectivity index (χ3n) is 9.47. The van der Waals surface area contributed by atoms with Gasteiger partial charge in [-0.1, -0.05) is 136 Å². The summed E-state index contributed by atoms with van der Waals surface area (Å²) >= 11 is 0. The molecule has 2 nitrogen and oxygen atoms in total. The minimum atomic E-state index is 0.107. The second-order valence-electron chi connectivity index (χ2n) is 14.6. The summed E-state index contributed by atoms with van der Waals surface area (Å²) in [4.78, 5) is 4.64. The van der Waals surface area contributed by atoms with Crippen molar-refractivity contribution < 1.29 is 0 Å². The monoisotopic (exact) mass is 674 g/mol. The fraction of sp³-hybridized carbons (Fsp3) is 0.120. The Morgan fingerprint density at radius 1 is 0.365 bits per heavy atom. The van der Waals surface area contributed by atoms with Crippen molar-refractivity contribution >= 4 is 46.3 Å². The lowest BCUT2D eigenvalue weighted by molar-refractivity contribution is 0.590. The Balaban J connectivity index is 1.08. The maximum absolute atomic E-state index is 2.36. The predicted octanol–water partition coefficient (Wildman–Crippen LogP) is 14.4. The van der Waals surface area contributed by atoms with Gasteiger partial charge in [0.2, 0.25) is 0 Å². The van der Waals surface area contributed by atoms with Crippen LogP contribution in [0, 0.1) is 13.8 Å². The number of nitrogens with zero attached hydrogens (tertiary/aromatic N) is 2. The van der Waals surface area contributed by atoms with Gasteiger partial charge >= 0.3 is 0 Å². The Hall–Kier alpha value is -6.12. The van der Waals surface area contributed by atoms with Crippen molar-refractivity contribution in [2.24, 2.45) is 0 Å². The molecule has 0 radical (unpaired) electrons. The first-order valence-electron chi connectivity index (χ1n) is 18.1. The lowest BCUT2D eigenvalue weighted by Gasteiger charge is -2.27. The molecule has 0 fully saturated rings. The van der Waals surface area contributed by atoms with Crippen LogP contribution < -0.4 is 9.80 Å². The molecular formula is C50H46N2. The van der Waals surface area contributed by atoms with Crippen molar-refractivity contribution in [2.45, 2.75) is 40.0 Å². The highest BCUT2D eigenvalue weighted by molar-refractivity contribution is 5.80. The summed E-state index contributed by atoms with van der Waals surface area (Å²) in [7, 11) is 0. The first-order chi connectivity index (χ1) is 25.2. The zero-order chi connectivity index (χ0) is 36.1. The van der Waals surface area contributed by atoms with E-state index >= 15 is 0 Å². The van der Waals surface area contributed by atoms with Gasteiger partial charge in [-0.05, 0) is 131 Å². The van der Waals surface area contributed by atoms with Gasteiger partial charge in [0.1, 0.15) is 0 Å². The highest BCUT2D eigenvalue weighted by Gasteiger charge is 2.17. The van der Waals surface area contributed by atoms with Crippen LogP contribution in [0.4, 0.5) is 34.1 Å². The average molecular weight is 675 g/mol. The molecule has 7 aromatic carbocycles. The molecule has 0 aliphatic rings. The lowest BCUT2D eigenvalue weighted by Crippen LogP contribution is -2.13. The fourth-order valence-electron chi connectivity index (χ4n) is 6.76. The molecule has 0 unspecified atom stereocenters. The Morgan fingerprint density at radius 2 is 0.712 bits per heavy atom. The highest BCUT2D eigenvalue weighted by Crippen LogP contribution is 2.38. The number of rotatable bonds is 9. The quantitative estimate of drug-likeness (QED) is 0.141. The summed E-state index contributed by atoms with van der Waals surface area (Å²) in [6, 6.07) is 63.3. The van der Waals surface area contributed by atoms with E-state index in [4.69, 9.17) is 0 Å². The summed E-state index contributed by atoms with van der Waals surface area (Å²) in [5.41, 5.74) is 15.5. The number of hydrogen-bond acceptors (Lipinski definition) is 2. The SMILES string of the molecule is Cc1cc(C)cc(N(c2ccc(-c3ccc(/C=C/c4ccc(N(c5ccccc5)c5ccccc5)cc4)cc3)cc2)c2ccc(C(C)(C)C)cc2)c1. The van der Waals surface area contributed by atoms with E-state index in [1.54, 1.807) is 0 Å². The van der Waals surface area contributed by atoms with E-state index in [-0.39, 0.29) is 5.41 Å². The molecule has 2 heteroatoms. The molecule has 0 amide bonds. The van der Waals surface area contributed by atoms with Crippen LogP contribution in [0.2, 0.25) is 0 Å². The smallest absolute Gasteiger partial charge is 0.0466 e. The maximum Gasteiger partial charge on any atom is 0.0466 e. The van der Waals surface area contributed by atoms with Crippen molar-refractivity contribution in [3.63, 3.8) is 0 Å². The molecule has 0 spiro atoms. The van der Waals surface area contributed by atoms with E-state index in [1.807, 2.05) is 0 Å². The van der Waals surface area contributed by atoms with Crippen molar-refractivity contribution in [1.29, 1.82) is 0 Å². The lowest BCUT2D eigenvalue weighted by atomic mass is 9.87. The summed E-state index contributed by atoms with van der Waals surface area (Å²) < 4.78 is 0. The average Bonchev–Trinajstić information content (AvgIpc) is 3.16. The molecule has 0 aliphatic heterocycles. The zero-order valence-corrected chi connectivity index (χ0v) is 30.8. The summed E-state index contributed by atoms with van der Waals surface area (Å²) in [6.07, 6.45) is 4.36. The van der Waals surface area contributed by atoms with Gasteiger partial charge in [-0.3, -0.25) is 0 Å². The highest BCUT2D eigenvalue weighted by atomic mass is 15.1. The van der Waals surface area contributed by atoms with Crippen molar-refractivity contribution in [1.82, 2.24) is 0 Å². The van der Waals surface area contributed by atoms with Gasteiger partial charge in [-0.15, -0.1) is 0 Å². The molecule has 52 heavy (non-hydrogen) atoms. The molecule has 0 saturated carbocycles. The van der Waals surface area contributed by atoms with E-state index < -0.39 is 0 Å². The Labute approximate surface area is 310 Å². The predicted molar refractivity (Wildman–Crippen MR) is 225 cm³/mol. The molecule has 7 rings (SSSR count). The van der Waals surface area contributed by atoms with Gasteiger partial charge in [0, 0.05) is 34.1 Å². The molecule has 0 bridgehead atoms. The van der Waals surface area contributed by atoms with Crippen LogP contribution in [0.3, 0.4) is 0 Å². The Bertz CT molecular complexity index is 2180. The van der Waals surface area contributed by atoms with Gasteiger partial charge < -0.3 is 9.80 Å². The third kappa shape index (κ3) is 7.93. The summed E-state index contributed by atoms with van der Waals surface area (Å²) in [5.74, 6) is 0. The van der Waals surface area contributed by atoms with Gasteiger partial charge in [0.25, 0.3) is 0 Å². The van der Waals surface area contributed by atoms with Gasteiger partial charge in [0.15, 0.2) is 0 Å². The number of anilines is 6. The zero-order valence-electron chi connectivity index (χ0n) is 30.8. The third-order valence-corrected chi connectivity index (χ3v) is 9.47. The van der Waals surface area contributed by atoms with E-state index in [2.05, 4.69) is 232 Å². The van der Waals surface area contributed by atoms with Crippen molar-refractivity contribution in [2.75, 3.05) is 9.80 Å². The topological polar surface area (TPSA) is 6.48 Å². The van der Waals surface area contributed by atoms with Gasteiger partial charge in [0.05, 0.1) is 0 Å². The largest absolute Gasteiger partial charge is 0.311 e. The minimum Gasteiger partial charge on any atom is -0.311 e. The Kier molecular flexibility index (Phi) is 9.91. The Morgan fingerprint density at radius 3 is 1.15 bits per heavy atom. The molecule has 256 valence electrons. The number of hydrogen-bond donors (Lipinski definition) is 0. The summed E-state index contributed by atoms with van der Waals surface area (Å²) in [5, 5.41) is 0. The van der Waals surface area contributed by atoms with Crippen LogP contribution in [0.25, 0.3) is 23.3 Å². The fourth-order valence-corrected chi connectivity index (χ4v) is 6.76. The van der Waals surface area contributed by atoms with E-state index in [1.165, 1.54) is 39.1 Å².